The number of hydrogen-bond donors (Lipinski definition) is 0. The Morgan fingerprint density at radius 2 is 1.71 bits per heavy atom. The molecule has 2 aromatic carbocycles. The van der Waals surface area contributed by atoms with E-state index in [4.69, 9.17) is 4.74 Å². The molecule has 0 aliphatic heterocycles. The van der Waals surface area contributed by atoms with Crippen molar-refractivity contribution in [1.29, 1.82) is 0 Å². The number of carbonyl (C=O) groups is 1. The molecule has 0 N–H and O–H groups in total. The first kappa shape index (κ1) is 19.2. The number of rotatable bonds is 6. The van der Waals surface area contributed by atoms with Crippen LogP contribution < -0.4 is 4.90 Å². The normalized spacial score (nSPS) is 10.4. The van der Waals surface area contributed by atoms with E-state index in [1.165, 1.54) is 30.6 Å². The van der Waals surface area contributed by atoms with Crippen molar-refractivity contribution < 1.29 is 18.3 Å². The third-order valence-corrected chi connectivity index (χ3v) is 4.04. The Balaban J connectivity index is 1.85. The highest BCUT2D eigenvalue weighted by Crippen LogP contribution is 2.30. The molecule has 1 aromatic heterocycles. The summed E-state index contributed by atoms with van der Waals surface area (Å²) in [7, 11) is 0. The van der Waals surface area contributed by atoms with Crippen LogP contribution in [0.3, 0.4) is 0 Å². The van der Waals surface area contributed by atoms with E-state index in [0.717, 1.165) is 22.6 Å². The number of amides is 1. The maximum atomic E-state index is 14.6. The van der Waals surface area contributed by atoms with Gasteiger partial charge in [-0.15, -0.1) is 6.58 Å². The average Bonchev–Trinajstić information content (AvgIpc) is 2.71. The third-order valence-electron chi connectivity index (χ3n) is 4.04. The lowest BCUT2D eigenvalue weighted by molar-refractivity contribution is 0.147. The van der Waals surface area contributed by atoms with Gasteiger partial charge in [0, 0.05) is 18.9 Å². The first-order valence-corrected chi connectivity index (χ1v) is 8.58. The lowest BCUT2D eigenvalue weighted by Crippen LogP contribution is -2.31. The molecule has 3 aromatic rings. The first-order chi connectivity index (χ1) is 13.6. The second-order valence-electron chi connectivity index (χ2n) is 5.96. The molecule has 0 aliphatic carbocycles. The van der Waals surface area contributed by atoms with Crippen LogP contribution in [-0.2, 0) is 11.3 Å². The predicted octanol–water partition coefficient (Wildman–Crippen LogP) is 5.36. The number of hydrogen-bond acceptors (Lipinski definition) is 3. The van der Waals surface area contributed by atoms with Crippen LogP contribution in [0.5, 0.6) is 0 Å². The zero-order chi connectivity index (χ0) is 19.9. The molecule has 0 saturated heterocycles. The van der Waals surface area contributed by atoms with Crippen LogP contribution in [0.1, 0.15) is 5.56 Å². The number of nitrogens with zero attached hydrogens (tertiary/aromatic N) is 2. The van der Waals surface area contributed by atoms with Crippen LogP contribution in [0.15, 0.2) is 79.6 Å². The van der Waals surface area contributed by atoms with Crippen molar-refractivity contribution in [3.63, 3.8) is 0 Å². The summed E-state index contributed by atoms with van der Waals surface area (Å²) in [6, 6.07) is 14.4. The molecule has 0 atom stereocenters. The standard InChI is InChI=1S/C22H18F2N2O2/c1-2-12-26(22(27)28-15-16-6-4-3-5-7-16)18-13-19(23)21(20(24)14-18)17-8-10-25-11-9-17/h2-11,13-14H,1,12,15H2. The Hall–Kier alpha value is -3.54. The van der Waals surface area contributed by atoms with Crippen LogP contribution in [0.25, 0.3) is 11.1 Å². The van der Waals surface area contributed by atoms with Gasteiger partial charge in [-0.25, -0.2) is 13.6 Å². The molecule has 0 unspecified atom stereocenters. The molecule has 1 amide bonds. The van der Waals surface area contributed by atoms with Crippen molar-refractivity contribution in [2.75, 3.05) is 11.4 Å². The van der Waals surface area contributed by atoms with Crippen LogP contribution in [0.4, 0.5) is 19.3 Å². The Bertz CT molecular complexity index is 940. The first-order valence-electron chi connectivity index (χ1n) is 8.58. The van der Waals surface area contributed by atoms with Crippen LogP contribution in [0, 0.1) is 11.6 Å². The number of pyridine rings is 1. The van der Waals surface area contributed by atoms with Crippen LogP contribution in [-0.4, -0.2) is 17.6 Å². The van der Waals surface area contributed by atoms with E-state index in [9.17, 15) is 13.6 Å². The highest BCUT2D eigenvalue weighted by atomic mass is 19.1. The third kappa shape index (κ3) is 4.40. The fourth-order valence-electron chi connectivity index (χ4n) is 2.72. The fraction of sp³-hybridized carbons (Fsp3) is 0.0909. The zero-order valence-electron chi connectivity index (χ0n) is 15.0. The van der Waals surface area contributed by atoms with Gasteiger partial charge in [0.25, 0.3) is 0 Å². The van der Waals surface area contributed by atoms with Gasteiger partial charge in [-0.2, -0.15) is 0 Å². The maximum Gasteiger partial charge on any atom is 0.414 e. The Kier molecular flexibility index (Phi) is 6.11. The Labute approximate surface area is 161 Å². The van der Waals surface area contributed by atoms with Crippen molar-refractivity contribution in [2.24, 2.45) is 0 Å². The zero-order valence-corrected chi connectivity index (χ0v) is 15.0. The van der Waals surface area contributed by atoms with E-state index in [1.807, 2.05) is 30.3 Å². The van der Waals surface area contributed by atoms with Gasteiger partial charge in [0.2, 0.25) is 0 Å². The maximum absolute atomic E-state index is 14.6. The minimum atomic E-state index is -0.786. The molecule has 3 rings (SSSR count). The number of halogens is 2. The van der Waals surface area contributed by atoms with Crippen molar-refractivity contribution in [2.45, 2.75) is 6.61 Å². The van der Waals surface area contributed by atoms with Crippen molar-refractivity contribution in [3.05, 3.63) is 96.8 Å². The van der Waals surface area contributed by atoms with E-state index >= 15 is 0 Å². The second kappa shape index (κ2) is 8.90. The highest BCUT2D eigenvalue weighted by molar-refractivity contribution is 5.88. The number of anilines is 1. The fourth-order valence-corrected chi connectivity index (χ4v) is 2.72. The van der Waals surface area contributed by atoms with Gasteiger partial charge in [0.05, 0.1) is 11.3 Å². The summed E-state index contributed by atoms with van der Waals surface area (Å²) >= 11 is 0. The van der Waals surface area contributed by atoms with E-state index < -0.39 is 17.7 Å². The monoisotopic (exact) mass is 380 g/mol. The summed E-state index contributed by atoms with van der Waals surface area (Å²) in [4.78, 5) is 17.5. The minimum absolute atomic E-state index is 0.0428. The largest absolute Gasteiger partial charge is 0.444 e. The van der Waals surface area contributed by atoms with Gasteiger partial charge in [-0.1, -0.05) is 36.4 Å². The summed E-state index contributed by atoms with van der Waals surface area (Å²) in [5.74, 6) is -1.57. The van der Waals surface area contributed by atoms with E-state index in [1.54, 1.807) is 0 Å². The number of aromatic nitrogens is 1. The molecular formula is C22H18F2N2O2. The van der Waals surface area contributed by atoms with E-state index in [0.29, 0.717) is 5.56 Å². The Morgan fingerprint density at radius 3 is 2.32 bits per heavy atom. The van der Waals surface area contributed by atoms with Gasteiger partial charge < -0.3 is 4.74 Å². The number of benzene rings is 2. The topological polar surface area (TPSA) is 42.4 Å². The van der Waals surface area contributed by atoms with E-state index in [2.05, 4.69) is 11.6 Å². The van der Waals surface area contributed by atoms with Gasteiger partial charge >= 0.3 is 6.09 Å². The molecule has 0 fully saturated rings. The lowest BCUT2D eigenvalue weighted by atomic mass is 10.0. The predicted molar refractivity (Wildman–Crippen MR) is 104 cm³/mol. The summed E-state index contributed by atoms with van der Waals surface area (Å²) < 4.78 is 34.6. The van der Waals surface area contributed by atoms with Crippen LogP contribution in [0.2, 0.25) is 0 Å². The number of ether oxygens (including phenoxy) is 1. The molecule has 0 radical (unpaired) electrons. The molecule has 0 aliphatic rings. The SMILES string of the molecule is C=CCN(C(=O)OCc1ccccc1)c1cc(F)c(-c2ccncc2)c(F)c1. The summed E-state index contributed by atoms with van der Waals surface area (Å²) in [5, 5.41) is 0. The molecule has 0 bridgehead atoms. The summed E-state index contributed by atoms with van der Waals surface area (Å²) in [5.41, 5.74) is 1.03. The number of carbonyl (C=O) groups excluding carboxylic acids is 1. The molecule has 0 saturated carbocycles. The summed E-state index contributed by atoms with van der Waals surface area (Å²) in [6.45, 7) is 3.68. The van der Waals surface area contributed by atoms with Crippen LogP contribution >= 0.6 is 0 Å². The second-order valence-corrected chi connectivity index (χ2v) is 5.96. The minimum Gasteiger partial charge on any atom is -0.444 e. The van der Waals surface area contributed by atoms with E-state index in [-0.39, 0.29) is 24.4 Å². The molecule has 142 valence electrons. The van der Waals surface area contributed by atoms with Gasteiger partial charge in [-0.3, -0.25) is 9.88 Å². The highest BCUT2D eigenvalue weighted by Gasteiger charge is 2.21. The van der Waals surface area contributed by atoms with Crippen molar-refractivity contribution in [1.82, 2.24) is 4.98 Å². The molecule has 0 spiro atoms. The molecule has 4 nitrogen and oxygen atoms in total. The van der Waals surface area contributed by atoms with Gasteiger partial charge in [0.15, 0.2) is 0 Å². The van der Waals surface area contributed by atoms with Gasteiger partial charge in [0.1, 0.15) is 18.2 Å². The lowest BCUT2D eigenvalue weighted by Gasteiger charge is -2.21. The molecular weight excluding hydrogens is 362 g/mol. The van der Waals surface area contributed by atoms with Gasteiger partial charge in [-0.05, 0) is 35.4 Å². The molecule has 6 heteroatoms. The quantitative estimate of drug-likeness (QED) is 0.541. The van der Waals surface area contributed by atoms with Crippen molar-refractivity contribution >= 4 is 11.8 Å². The van der Waals surface area contributed by atoms with Crippen molar-refractivity contribution in [3.8, 4) is 11.1 Å². The average molecular weight is 380 g/mol. The smallest absolute Gasteiger partial charge is 0.414 e. The molecule has 28 heavy (non-hydrogen) atoms. The summed E-state index contributed by atoms with van der Waals surface area (Å²) in [6.07, 6.45) is 3.63. The molecule has 1 heterocycles. The Morgan fingerprint density at radius 1 is 1.07 bits per heavy atom.